The number of nitrogens with one attached hydrogen (secondary N) is 1. The highest BCUT2D eigenvalue weighted by atomic mass is 19.1. The lowest BCUT2D eigenvalue weighted by Crippen LogP contribution is -2.28. The fourth-order valence-corrected chi connectivity index (χ4v) is 2.02. The summed E-state index contributed by atoms with van der Waals surface area (Å²) in [5, 5.41) is 10.6. The topological polar surface area (TPSA) is 76.7 Å². The Bertz CT molecular complexity index is 739. The summed E-state index contributed by atoms with van der Waals surface area (Å²) in [5.74, 6) is 0.557. The van der Waals surface area contributed by atoms with Crippen LogP contribution in [0.3, 0.4) is 0 Å². The summed E-state index contributed by atoms with van der Waals surface area (Å²) in [6.45, 7) is 3.94. The highest BCUT2D eigenvalue weighted by molar-refractivity contribution is 5.50. The number of anilines is 1. The first-order valence-electron chi connectivity index (χ1n) is 6.67. The predicted molar refractivity (Wildman–Crippen MR) is 78.4 cm³/mol. The molecular weight excluding hydrogens is 285 g/mol. The molecule has 0 aliphatic rings. The molecule has 2 aromatic heterocycles. The molecule has 22 heavy (non-hydrogen) atoms. The zero-order valence-electron chi connectivity index (χ0n) is 12.1. The summed E-state index contributed by atoms with van der Waals surface area (Å²) in [6.07, 6.45) is 4.45. The molecule has 112 valence electrons. The third-order valence-corrected chi connectivity index (χ3v) is 3.25. The van der Waals surface area contributed by atoms with Crippen LogP contribution in [0.15, 0.2) is 47.5 Å². The highest BCUT2D eigenvalue weighted by Crippen LogP contribution is 2.24. The molecule has 6 nitrogen and oxygen atoms in total. The first-order chi connectivity index (χ1) is 10.5. The number of nitrogens with zero attached hydrogens (tertiary/aromatic N) is 4. The van der Waals surface area contributed by atoms with Crippen molar-refractivity contribution >= 4 is 5.95 Å². The summed E-state index contributed by atoms with van der Waals surface area (Å²) < 4.78 is 18.1. The smallest absolute Gasteiger partial charge is 0.250 e. The van der Waals surface area contributed by atoms with Crippen molar-refractivity contribution in [3.05, 3.63) is 54.4 Å². The van der Waals surface area contributed by atoms with E-state index in [4.69, 9.17) is 4.42 Å². The van der Waals surface area contributed by atoms with Crippen LogP contribution in [-0.4, -0.2) is 20.2 Å². The van der Waals surface area contributed by atoms with Crippen LogP contribution in [0.5, 0.6) is 0 Å². The van der Waals surface area contributed by atoms with E-state index < -0.39 is 5.54 Å². The molecule has 0 unspecified atom stereocenters. The van der Waals surface area contributed by atoms with E-state index in [1.165, 1.54) is 18.5 Å². The summed E-state index contributed by atoms with van der Waals surface area (Å²) >= 11 is 0. The maximum absolute atomic E-state index is 13.0. The lowest BCUT2D eigenvalue weighted by Gasteiger charge is -2.26. The van der Waals surface area contributed by atoms with Crippen molar-refractivity contribution in [3.63, 3.8) is 0 Å². The Morgan fingerprint density at radius 2 is 1.77 bits per heavy atom. The van der Waals surface area contributed by atoms with E-state index in [-0.39, 0.29) is 5.82 Å². The van der Waals surface area contributed by atoms with E-state index in [9.17, 15) is 4.39 Å². The minimum absolute atomic E-state index is 0.264. The van der Waals surface area contributed by atoms with E-state index in [1.807, 2.05) is 13.8 Å². The molecule has 0 aliphatic carbocycles. The van der Waals surface area contributed by atoms with Gasteiger partial charge in [0.1, 0.15) is 5.82 Å². The van der Waals surface area contributed by atoms with E-state index >= 15 is 0 Å². The minimum atomic E-state index is -0.445. The van der Waals surface area contributed by atoms with Gasteiger partial charge < -0.3 is 9.73 Å². The molecule has 2 heterocycles. The Kier molecular flexibility index (Phi) is 3.54. The Balaban J connectivity index is 1.78. The van der Waals surface area contributed by atoms with E-state index in [2.05, 4.69) is 25.5 Å². The molecule has 3 rings (SSSR count). The largest absolute Gasteiger partial charge is 0.423 e. The van der Waals surface area contributed by atoms with E-state index in [0.29, 0.717) is 17.4 Å². The van der Waals surface area contributed by atoms with Gasteiger partial charge in [-0.15, -0.1) is 10.2 Å². The monoisotopic (exact) mass is 299 g/mol. The number of rotatable bonds is 4. The molecule has 0 aliphatic heterocycles. The molecule has 7 heteroatoms. The second-order valence-corrected chi connectivity index (χ2v) is 5.30. The van der Waals surface area contributed by atoms with Gasteiger partial charge in [0.2, 0.25) is 12.3 Å². The van der Waals surface area contributed by atoms with Gasteiger partial charge in [0.25, 0.3) is 5.89 Å². The van der Waals surface area contributed by atoms with Crippen molar-refractivity contribution in [2.75, 3.05) is 5.32 Å². The molecular formula is C15H14FN5O. The second-order valence-electron chi connectivity index (χ2n) is 5.30. The third-order valence-electron chi connectivity index (χ3n) is 3.25. The van der Waals surface area contributed by atoms with Crippen LogP contribution < -0.4 is 5.32 Å². The Labute approximate surface area is 126 Å². The predicted octanol–water partition coefficient (Wildman–Crippen LogP) is 3.01. The van der Waals surface area contributed by atoms with Crippen molar-refractivity contribution in [1.29, 1.82) is 0 Å². The van der Waals surface area contributed by atoms with E-state index in [0.717, 1.165) is 5.56 Å². The quantitative estimate of drug-likeness (QED) is 0.798. The molecule has 0 amide bonds. The van der Waals surface area contributed by atoms with Crippen molar-refractivity contribution in [2.24, 2.45) is 0 Å². The molecule has 0 saturated carbocycles. The maximum atomic E-state index is 13.0. The zero-order valence-corrected chi connectivity index (χ0v) is 12.1. The lowest BCUT2D eigenvalue weighted by atomic mass is 9.94. The highest BCUT2D eigenvalue weighted by Gasteiger charge is 2.21. The Hall–Kier alpha value is -2.83. The van der Waals surface area contributed by atoms with Gasteiger partial charge in [-0.1, -0.05) is 12.1 Å². The average molecular weight is 299 g/mol. The van der Waals surface area contributed by atoms with Crippen molar-refractivity contribution in [2.45, 2.75) is 19.4 Å². The molecule has 0 spiro atoms. The van der Waals surface area contributed by atoms with Gasteiger partial charge in [-0.2, -0.15) is 0 Å². The summed E-state index contributed by atoms with van der Waals surface area (Å²) in [5.41, 5.74) is 1.13. The normalized spacial score (nSPS) is 11.4. The van der Waals surface area contributed by atoms with Crippen molar-refractivity contribution < 1.29 is 8.81 Å². The number of hydrogen-bond acceptors (Lipinski definition) is 6. The number of hydrogen-bond donors (Lipinski definition) is 1. The average Bonchev–Trinajstić information content (AvgIpc) is 3.02. The fourth-order valence-electron chi connectivity index (χ4n) is 2.02. The lowest BCUT2D eigenvalue weighted by molar-refractivity contribution is 0.567. The molecule has 1 N–H and O–H groups in total. The van der Waals surface area contributed by atoms with Crippen LogP contribution in [0.4, 0.5) is 10.3 Å². The van der Waals surface area contributed by atoms with E-state index in [1.54, 1.807) is 24.5 Å². The molecule has 0 radical (unpaired) electrons. The van der Waals surface area contributed by atoms with Crippen molar-refractivity contribution in [3.8, 4) is 11.5 Å². The van der Waals surface area contributed by atoms with Gasteiger partial charge in [0.05, 0.1) is 11.1 Å². The van der Waals surface area contributed by atoms with Gasteiger partial charge in [-0.25, -0.2) is 14.4 Å². The van der Waals surface area contributed by atoms with Gasteiger partial charge in [-0.05, 0) is 31.5 Å². The van der Waals surface area contributed by atoms with Gasteiger partial charge in [0, 0.05) is 12.4 Å². The van der Waals surface area contributed by atoms with Crippen molar-refractivity contribution in [1.82, 2.24) is 20.2 Å². The molecule has 0 atom stereocenters. The minimum Gasteiger partial charge on any atom is -0.423 e. The Morgan fingerprint density at radius 1 is 1.09 bits per heavy atom. The second kappa shape index (κ2) is 5.51. The number of aromatic nitrogens is 4. The fraction of sp³-hybridized carbons (Fsp3) is 0.200. The molecule has 0 fully saturated rings. The SMILES string of the molecule is CC(C)(Nc1ncc(-c2nnco2)cn1)c1ccc(F)cc1. The van der Waals surface area contributed by atoms with Gasteiger partial charge in [0.15, 0.2) is 0 Å². The molecule has 0 bridgehead atoms. The summed E-state index contributed by atoms with van der Waals surface area (Å²) in [4.78, 5) is 8.48. The van der Waals surface area contributed by atoms with Crippen LogP contribution in [-0.2, 0) is 5.54 Å². The number of halogens is 1. The summed E-state index contributed by atoms with van der Waals surface area (Å²) in [6, 6.07) is 6.32. The Morgan fingerprint density at radius 3 is 2.36 bits per heavy atom. The van der Waals surface area contributed by atoms with Crippen LogP contribution in [0, 0.1) is 5.82 Å². The van der Waals surface area contributed by atoms with Gasteiger partial charge >= 0.3 is 0 Å². The zero-order chi connectivity index (χ0) is 15.6. The van der Waals surface area contributed by atoms with Crippen LogP contribution in [0.25, 0.3) is 11.5 Å². The first kappa shape index (κ1) is 14.1. The third kappa shape index (κ3) is 2.93. The first-order valence-corrected chi connectivity index (χ1v) is 6.67. The van der Waals surface area contributed by atoms with Crippen LogP contribution in [0.2, 0.25) is 0 Å². The summed E-state index contributed by atoms with van der Waals surface area (Å²) in [7, 11) is 0. The number of benzene rings is 1. The molecule has 3 aromatic rings. The van der Waals surface area contributed by atoms with Gasteiger partial charge in [-0.3, -0.25) is 0 Å². The van der Waals surface area contributed by atoms with Crippen LogP contribution in [0.1, 0.15) is 19.4 Å². The maximum Gasteiger partial charge on any atom is 0.250 e. The molecule has 0 saturated heterocycles. The van der Waals surface area contributed by atoms with Crippen LogP contribution >= 0.6 is 0 Å². The standard InChI is InChI=1S/C15H14FN5O/c1-15(2,11-3-5-12(16)6-4-11)20-14-17-7-10(8-18-14)13-21-19-9-22-13/h3-9H,1-2H3,(H,17,18,20). The molecule has 1 aromatic carbocycles.